The monoisotopic (exact) mass is 293 g/mol. The second-order valence-corrected chi connectivity index (χ2v) is 6.30. The summed E-state index contributed by atoms with van der Waals surface area (Å²) >= 11 is 1.60. The number of aliphatic hydroxyl groups excluding tert-OH is 1. The lowest BCUT2D eigenvalue weighted by atomic mass is 10.0. The molecule has 3 N–H and O–H groups in total. The van der Waals surface area contributed by atoms with Gasteiger partial charge >= 0.3 is 0 Å². The van der Waals surface area contributed by atoms with E-state index in [1.54, 1.807) is 18.3 Å². The van der Waals surface area contributed by atoms with Crippen molar-refractivity contribution in [3.63, 3.8) is 0 Å². The zero-order valence-corrected chi connectivity index (χ0v) is 12.2. The van der Waals surface area contributed by atoms with E-state index in [0.29, 0.717) is 24.8 Å². The van der Waals surface area contributed by atoms with Crippen LogP contribution in [0.3, 0.4) is 0 Å². The molecule has 0 spiro atoms. The molecule has 0 aromatic carbocycles. The molecule has 3 rings (SSSR count). The highest BCUT2D eigenvalue weighted by Gasteiger charge is 2.28. The number of aromatic amines is 1. The lowest BCUT2D eigenvalue weighted by molar-refractivity contribution is 0.0378. The molecule has 2 unspecified atom stereocenters. The number of hydrogen-bond acceptors (Lipinski definition) is 4. The van der Waals surface area contributed by atoms with Gasteiger partial charge in [-0.15, -0.1) is 11.3 Å². The molecule has 5 nitrogen and oxygen atoms in total. The Labute approximate surface area is 121 Å². The summed E-state index contributed by atoms with van der Waals surface area (Å²) in [4.78, 5) is 18.5. The van der Waals surface area contributed by atoms with E-state index in [4.69, 9.17) is 0 Å². The highest BCUT2D eigenvalue weighted by molar-refractivity contribution is 7.16. The van der Waals surface area contributed by atoms with Crippen molar-refractivity contribution in [2.75, 3.05) is 19.6 Å². The summed E-state index contributed by atoms with van der Waals surface area (Å²) in [5.41, 5.74) is 0.619. The summed E-state index contributed by atoms with van der Waals surface area (Å²) in [5, 5.41) is 15.4. The van der Waals surface area contributed by atoms with Gasteiger partial charge in [0.05, 0.1) is 6.10 Å². The Morgan fingerprint density at radius 2 is 2.55 bits per heavy atom. The molecule has 108 valence electrons. The smallest absolute Gasteiger partial charge is 0.267 e. The number of likely N-dealkylation sites (tertiary alicyclic amines) is 1. The van der Waals surface area contributed by atoms with Crippen LogP contribution in [-0.2, 0) is 0 Å². The zero-order valence-electron chi connectivity index (χ0n) is 11.4. The molecular weight excluding hydrogens is 274 g/mol. The summed E-state index contributed by atoms with van der Waals surface area (Å²) < 4.78 is 0. The van der Waals surface area contributed by atoms with Crippen molar-refractivity contribution in [3.05, 3.63) is 23.2 Å². The number of nitrogens with one attached hydrogen (secondary N) is 2. The quantitative estimate of drug-likeness (QED) is 0.781. The number of amides is 1. The van der Waals surface area contributed by atoms with Gasteiger partial charge in [-0.1, -0.05) is 0 Å². The van der Waals surface area contributed by atoms with Crippen molar-refractivity contribution >= 4 is 27.5 Å². The van der Waals surface area contributed by atoms with Crippen molar-refractivity contribution in [1.29, 1.82) is 0 Å². The number of H-pyrrole nitrogens is 1. The summed E-state index contributed by atoms with van der Waals surface area (Å²) in [7, 11) is 0. The van der Waals surface area contributed by atoms with Crippen molar-refractivity contribution in [2.45, 2.75) is 25.5 Å². The first-order chi connectivity index (χ1) is 9.63. The first-order valence-corrected chi connectivity index (χ1v) is 7.78. The molecule has 0 bridgehead atoms. The fourth-order valence-corrected chi connectivity index (χ4v) is 3.36. The van der Waals surface area contributed by atoms with Gasteiger partial charge in [0, 0.05) is 31.1 Å². The minimum atomic E-state index is -0.316. The van der Waals surface area contributed by atoms with Gasteiger partial charge in [-0.3, -0.25) is 9.69 Å². The Bertz CT molecular complexity index is 576. The minimum absolute atomic E-state index is 0.0581. The van der Waals surface area contributed by atoms with Crippen molar-refractivity contribution in [3.8, 4) is 0 Å². The van der Waals surface area contributed by atoms with E-state index >= 15 is 0 Å². The van der Waals surface area contributed by atoms with Crippen molar-refractivity contribution in [1.82, 2.24) is 15.2 Å². The third kappa shape index (κ3) is 2.72. The number of carbonyl (C=O) groups excluding carboxylic acids is 1. The first-order valence-electron chi connectivity index (χ1n) is 6.90. The number of fused-ring (bicyclic) bond motifs is 1. The molecule has 20 heavy (non-hydrogen) atoms. The number of carbonyl (C=O) groups is 1. The molecule has 1 aliphatic heterocycles. The van der Waals surface area contributed by atoms with Gasteiger partial charge in [-0.05, 0) is 30.9 Å². The fraction of sp³-hybridized carbons (Fsp3) is 0.500. The third-order valence-corrected chi connectivity index (χ3v) is 4.60. The fourth-order valence-electron chi connectivity index (χ4n) is 2.58. The van der Waals surface area contributed by atoms with E-state index in [9.17, 15) is 9.90 Å². The van der Waals surface area contributed by atoms with Gasteiger partial charge in [0.2, 0.25) is 0 Å². The van der Waals surface area contributed by atoms with Crippen LogP contribution in [0.1, 0.15) is 23.8 Å². The minimum Gasteiger partial charge on any atom is -0.392 e. The number of thiophene rings is 1. The molecule has 3 heterocycles. The van der Waals surface area contributed by atoms with E-state index in [1.807, 2.05) is 17.5 Å². The maximum Gasteiger partial charge on any atom is 0.267 e. The summed E-state index contributed by atoms with van der Waals surface area (Å²) in [5.74, 6) is -0.0581. The van der Waals surface area contributed by atoms with Crippen LogP contribution >= 0.6 is 11.3 Å². The number of rotatable bonds is 5. The Balaban J connectivity index is 1.53. The van der Waals surface area contributed by atoms with Crippen molar-refractivity contribution < 1.29 is 9.90 Å². The molecule has 1 amide bonds. The van der Waals surface area contributed by atoms with Crippen LogP contribution in [0.25, 0.3) is 10.2 Å². The molecule has 1 aliphatic rings. The van der Waals surface area contributed by atoms with Gasteiger partial charge in [-0.25, -0.2) is 0 Å². The first kappa shape index (κ1) is 13.6. The van der Waals surface area contributed by atoms with Crippen molar-refractivity contribution in [2.24, 2.45) is 0 Å². The second-order valence-electron chi connectivity index (χ2n) is 5.38. The Morgan fingerprint density at radius 3 is 3.20 bits per heavy atom. The molecule has 1 saturated heterocycles. The largest absolute Gasteiger partial charge is 0.392 e. The van der Waals surface area contributed by atoms with Crippen LogP contribution < -0.4 is 5.32 Å². The number of aromatic nitrogens is 1. The third-order valence-electron chi connectivity index (χ3n) is 3.75. The molecular formula is C14H19N3O2S. The lowest BCUT2D eigenvalue weighted by Gasteiger charge is -2.41. The molecule has 0 saturated carbocycles. The van der Waals surface area contributed by atoms with Crippen LogP contribution in [0.15, 0.2) is 17.5 Å². The predicted octanol–water partition coefficient (Wildman–Crippen LogP) is 1.41. The summed E-state index contributed by atoms with van der Waals surface area (Å²) in [6, 6.07) is 4.24. The Kier molecular flexibility index (Phi) is 3.78. The van der Waals surface area contributed by atoms with Crippen LogP contribution in [0, 0.1) is 0 Å². The number of nitrogens with zero attached hydrogens (tertiary/aromatic N) is 1. The van der Waals surface area contributed by atoms with E-state index in [1.165, 1.54) is 0 Å². The predicted molar refractivity (Wildman–Crippen MR) is 80.2 cm³/mol. The van der Waals surface area contributed by atoms with E-state index in [-0.39, 0.29) is 12.0 Å². The molecule has 2 aromatic rings. The number of β-amino-alcohol motifs (C(OH)–C–C–N with tert-alkyl or cyclic N) is 1. The Morgan fingerprint density at radius 1 is 1.70 bits per heavy atom. The van der Waals surface area contributed by atoms with Crippen LogP contribution in [0.2, 0.25) is 0 Å². The molecule has 1 fully saturated rings. The van der Waals surface area contributed by atoms with Crippen LogP contribution in [0.4, 0.5) is 0 Å². The zero-order chi connectivity index (χ0) is 14.1. The number of aliphatic hydroxyl groups is 1. The van der Waals surface area contributed by atoms with Gasteiger partial charge in [0.15, 0.2) is 0 Å². The van der Waals surface area contributed by atoms with Gasteiger partial charge < -0.3 is 15.4 Å². The Hall–Kier alpha value is -1.37. The number of hydrogen-bond donors (Lipinski definition) is 3. The van der Waals surface area contributed by atoms with Gasteiger partial charge in [0.1, 0.15) is 10.5 Å². The molecule has 2 aromatic heterocycles. The van der Waals surface area contributed by atoms with E-state index < -0.39 is 0 Å². The van der Waals surface area contributed by atoms with Gasteiger partial charge in [-0.2, -0.15) is 0 Å². The SMILES string of the molecule is CC(O)CN1CCC1CNC(=O)c1cc2ccsc2[nH]1. The van der Waals surface area contributed by atoms with Crippen LogP contribution in [0.5, 0.6) is 0 Å². The average Bonchev–Trinajstić information content (AvgIpc) is 2.95. The topological polar surface area (TPSA) is 68.4 Å². The molecule has 6 heteroatoms. The molecule has 0 radical (unpaired) electrons. The standard InChI is InChI=1S/C14H19N3O2S/c1-9(18)8-17-4-2-11(17)7-15-13(19)12-6-10-3-5-20-14(10)16-12/h3,5-6,9,11,16,18H,2,4,7-8H2,1H3,(H,15,19). The van der Waals surface area contributed by atoms with Crippen LogP contribution in [-0.4, -0.2) is 52.7 Å². The second kappa shape index (κ2) is 5.55. The normalized spacial score (nSPS) is 20.8. The highest BCUT2D eigenvalue weighted by atomic mass is 32.1. The summed E-state index contributed by atoms with van der Waals surface area (Å²) in [6.07, 6.45) is 0.760. The maximum atomic E-state index is 12.1. The molecule has 0 aliphatic carbocycles. The summed E-state index contributed by atoms with van der Waals surface area (Å²) in [6.45, 7) is 4.11. The van der Waals surface area contributed by atoms with E-state index in [0.717, 1.165) is 23.2 Å². The molecule has 2 atom stereocenters. The average molecular weight is 293 g/mol. The lowest BCUT2D eigenvalue weighted by Crippen LogP contribution is -2.55. The van der Waals surface area contributed by atoms with Gasteiger partial charge in [0.25, 0.3) is 5.91 Å². The van der Waals surface area contributed by atoms with E-state index in [2.05, 4.69) is 15.2 Å². The highest BCUT2D eigenvalue weighted by Crippen LogP contribution is 2.21. The maximum absolute atomic E-state index is 12.1.